The van der Waals surface area contributed by atoms with Crippen molar-refractivity contribution in [1.29, 1.82) is 5.26 Å². The molecule has 2 rings (SSSR count). The predicted molar refractivity (Wildman–Crippen MR) is 68.5 cm³/mol. The van der Waals surface area contributed by atoms with Crippen molar-refractivity contribution < 1.29 is 5.11 Å². The van der Waals surface area contributed by atoms with Crippen molar-refractivity contribution in [3.63, 3.8) is 0 Å². The first-order valence-corrected chi connectivity index (χ1v) is 6.18. The Bertz CT molecular complexity index is 469. The van der Waals surface area contributed by atoms with Crippen molar-refractivity contribution in [3.05, 3.63) is 10.7 Å². The molecule has 0 spiro atoms. The second kappa shape index (κ2) is 5.85. The largest absolute Gasteiger partial charge is 0.395 e. The van der Waals surface area contributed by atoms with E-state index in [1.54, 1.807) is 0 Å². The number of halogens is 1. The Balaban J connectivity index is 2.16. The molecule has 0 radical (unpaired) electrons. The van der Waals surface area contributed by atoms with Crippen molar-refractivity contribution in [3.8, 4) is 6.07 Å². The summed E-state index contributed by atoms with van der Waals surface area (Å²) in [6.07, 6.45) is 2.42. The molecule has 0 atom stereocenters. The fourth-order valence-electron chi connectivity index (χ4n) is 1.47. The maximum absolute atomic E-state index is 9.03. The Hall–Kier alpha value is -1.58. The smallest absolute Gasteiger partial charge is 0.226 e. The summed E-state index contributed by atoms with van der Waals surface area (Å²) in [7, 11) is 0. The van der Waals surface area contributed by atoms with Gasteiger partial charge < -0.3 is 15.7 Å². The highest BCUT2D eigenvalue weighted by Gasteiger charge is 2.22. The standard InChI is InChI=1S/C11H14ClN5O/c12-9-8(5-13)10(15-6-7-1-2-7)17-11(16-9)14-3-4-18/h7,18H,1-4,6H2,(H2,14,15,16,17). The molecule has 1 aliphatic carbocycles. The highest BCUT2D eigenvalue weighted by Crippen LogP contribution is 2.30. The average molecular weight is 268 g/mol. The summed E-state index contributed by atoms with van der Waals surface area (Å²) < 4.78 is 0. The van der Waals surface area contributed by atoms with Gasteiger partial charge in [-0.3, -0.25) is 0 Å². The summed E-state index contributed by atoms with van der Waals surface area (Å²) in [6, 6.07) is 1.99. The molecule has 0 aromatic carbocycles. The number of aliphatic hydroxyl groups is 1. The second-order valence-corrected chi connectivity index (χ2v) is 4.51. The molecule has 0 bridgehead atoms. The molecule has 1 aliphatic rings. The molecule has 0 unspecified atom stereocenters. The normalized spacial score (nSPS) is 14.1. The Morgan fingerprint density at radius 1 is 1.39 bits per heavy atom. The number of aromatic nitrogens is 2. The first-order valence-electron chi connectivity index (χ1n) is 5.81. The maximum atomic E-state index is 9.03. The third kappa shape index (κ3) is 3.22. The molecule has 3 N–H and O–H groups in total. The lowest BCUT2D eigenvalue weighted by Crippen LogP contribution is -2.13. The minimum Gasteiger partial charge on any atom is -0.395 e. The van der Waals surface area contributed by atoms with Gasteiger partial charge in [-0.1, -0.05) is 11.6 Å². The number of aliphatic hydroxyl groups excluding tert-OH is 1. The molecule has 1 aromatic heterocycles. The number of nitrogens with one attached hydrogen (secondary N) is 2. The zero-order valence-corrected chi connectivity index (χ0v) is 10.5. The van der Waals surface area contributed by atoms with Gasteiger partial charge in [0.25, 0.3) is 0 Å². The number of rotatable bonds is 6. The zero-order valence-electron chi connectivity index (χ0n) is 9.78. The van der Waals surface area contributed by atoms with Crippen LogP contribution in [0.25, 0.3) is 0 Å². The van der Waals surface area contributed by atoms with E-state index in [4.69, 9.17) is 22.0 Å². The van der Waals surface area contributed by atoms with Crippen molar-refractivity contribution in [2.24, 2.45) is 5.92 Å². The lowest BCUT2D eigenvalue weighted by Gasteiger charge is -2.10. The van der Waals surface area contributed by atoms with E-state index in [0.29, 0.717) is 24.2 Å². The number of nitrogens with zero attached hydrogens (tertiary/aromatic N) is 3. The molecule has 1 aromatic rings. The van der Waals surface area contributed by atoms with Crippen LogP contribution in [0.3, 0.4) is 0 Å². The minimum absolute atomic E-state index is 0.0220. The third-order valence-electron chi connectivity index (χ3n) is 2.63. The molecule has 0 aliphatic heterocycles. The molecule has 6 nitrogen and oxygen atoms in total. The van der Waals surface area contributed by atoms with Crippen LogP contribution in [-0.4, -0.2) is 34.8 Å². The van der Waals surface area contributed by atoms with Crippen LogP contribution < -0.4 is 10.6 Å². The monoisotopic (exact) mass is 267 g/mol. The molecule has 1 heterocycles. The summed E-state index contributed by atoms with van der Waals surface area (Å²) in [4.78, 5) is 8.14. The van der Waals surface area contributed by atoms with E-state index in [0.717, 1.165) is 6.54 Å². The van der Waals surface area contributed by atoms with Crippen molar-refractivity contribution in [1.82, 2.24) is 9.97 Å². The van der Waals surface area contributed by atoms with E-state index in [1.807, 2.05) is 6.07 Å². The van der Waals surface area contributed by atoms with Crippen LogP contribution in [0.1, 0.15) is 18.4 Å². The fourth-order valence-corrected chi connectivity index (χ4v) is 1.68. The lowest BCUT2D eigenvalue weighted by atomic mass is 10.3. The molecular formula is C11H14ClN5O. The quantitative estimate of drug-likeness (QED) is 0.671. The van der Waals surface area contributed by atoms with Crippen molar-refractivity contribution >= 4 is 23.4 Å². The van der Waals surface area contributed by atoms with Gasteiger partial charge in [-0.2, -0.15) is 15.2 Å². The van der Waals surface area contributed by atoms with Gasteiger partial charge in [0.05, 0.1) is 6.61 Å². The van der Waals surface area contributed by atoms with Crippen molar-refractivity contribution in [2.45, 2.75) is 12.8 Å². The summed E-state index contributed by atoms with van der Waals surface area (Å²) in [5.74, 6) is 1.43. The summed E-state index contributed by atoms with van der Waals surface area (Å²) in [5, 5.41) is 23.8. The van der Waals surface area contributed by atoms with E-state index < -0.39 is 0 Å². The first kappa shape index (κ1) is 12.9. The SMILES string of the molecule is N#Cc1c(Cl)nc(NCCO)nc1NCC1CC1. The van der Waals surface area contributed by atoms with Gasteiger partial charge in [0.1, 0.15) is 11.6 Å². The number of anilines is 2. The van der Waals surface area contributed by atoms with E-state index in [1.165, 1.54) is 12.8 Å². The molecule has 1 saturated carbocycles. The van der Waals surface area contributed by atoms with Gasteiger partial charge in [-0.25, -0.2) is 0 Å². The Labute approximate surface area is 110 Å². The number of hydrogen-bond acceptors (Lipinski definition) is 6. The predicted octanol–water partition coefficient (Wildman–Crippen LogP) is 1.23. The third-order valence-corrected chi connectivity index (χ3v) is 2.90. The van der Waals surface area contributed by atoms with Crippen LogP contribution >= 0.6 is 11.6 Å². The topological polar surface area (TPSA) is 93.9 Å². The van der Waals surface area contributed by atoms with Gasteiger partial charge in [0, 0.05) is 13.1 Å². The maximum Gasteiger partial charge on any atom is 0.226 e. The van der Waals surface area contributed by atoms with Crippen LogP contribution in [0.15, 0.2) is 0 Å². The van der Waals surface area contributed by atoms with Gasteiger partial charge in [-0.05, 0) is 18.8 Å². The Morgan fingerprint density at radius 2 is 2.17 bits per heavy atom. The lowest BCUT2D eigenvalue weighted by molar-refractivity contribution is 0.311. The van der Waals surface area contributed by atoms with Gasteiger partial charge in [0.15, 0.2) is 11.0 Å². The number of hydrogen-bond donors (Lipinski definition) is 3. The summed E-state index contributed by atoms with van der Waals surface area (Å²) >= 11 is 5.93. The molecule has 18 heavy (non-hydrogen) atoms. The number of nitriles is 1. The van der Waals surface area contributed by atoms with Crippen LogP contribution in [-0.2, 0) is 0 Å². The van der Waals surface area contributed by atoms with Gasteiger partial charge in [-0.15, -0.1) is 0 Å². The molecule has 0 amide bonds. The van der Waals surface area contributed by atoms with Crippen LogP contribution in [0.2, 0.25) is 5.15 Å². The van der Waals surface area contributed by atoms with E-state index in [9.17, 15) is 0 Å². The van der Waals surface area contributed by atoms with E-state index in [2.05, 4.69) is 20.6 Å². The Kier molecular flexibility index (Phi) is 4.18. The first-order chi connectivity index (χ1) is 8.74. The molecule has 96 valence electrons. The minimum atomic E-state index is -0.0220. The molecule has 1 fully saturated rings. The van der Waals surface area contributed by atoms with Crippen molar-refractivity contribution in [2.75, 3.05) is 30.3 Å². The summed E-state index contributed by atoms with van der Waals surface area (Å²) in [5.41, 5.74) is 0.256. The molecule has 7 heteroatoms. The molecule has 0 saturated heterocycles. The van der Waals surface area contributed by atoms with E-state index in [-0.39, 0.29) is 17.3 Å². The van der Waals surface area contributed by atoms with Crippen LogP contribution in [0.5, 0.6) is 0 Å². The van der Waals surface area contributed by atoms with Gasteiger partial charge in [0.2, 0.25) is 5.95 Å². The average Bonchev–Trinajstić information content (AvgIpc) is 3.17. The fraction of sp³-hybridized carbons (Fsp3) is 0.545. The highest BCUT2D eigenvalue weighted by atomic mass is 35.5. The highest BCUT2D eigenvalue weighted by molar-refractivity contribution is 6.31. The molecular weight excluding hydrogens is 254 g/mol. The summed E-state index contributed by atoms with van der Waals surface area (Å²) in [6.45, 7) is 1.11. The Morgan fingerprint density at radius 3 is 2.78 bits per heavy atom. The second-order valence-electron chi connectivity index (χ2n) is 4.15. The van der Waals surface area contributed by atoms with Gasteiger partial charge >= 0.3 is 0 Å². The van der Waals surface area contributed by atoms with Crippen LogP contribution in [0, 0.1) is 17.2 Å². The van der Waals surface area contributed by atoms with Crippen LogP contribution in [0.4, 0.5) is 11.8 Å². The van der Waals surface area contributed by atoms with E-state index >= 15 is 0 Å². The zero-order chi connectivity index (χ0) is 13.0.